The summed E-state index contributed by atoms with van der Waals surface area (Å²) >= 11 is 0. The minimum absolute atomic E-state index is 0.00103. The molecular formula is C26H28N10O7. The van der Waals surface area contributed by atoms with Crippen LogP contribution in [0.25, 0.3) is 5.82 Å². The molecule has 1 aliphatic rings. The van der Waals surface area contributed by atoms with Crippen LogP contribution in [0.5, 0.6) is 11.5 Å². The Morgan fingerprint density at radius 1 is 1.23 bits per heavy atom. The van der Waals surface area contributed by atoms with Crippen molar-refractivity contribution in [1.82, 2.24) is 35.6 Å². The molecule has 3 N–H and O–H groups in total. The van der Waals surface area contributed by atoms with Gasteiger partial charge in [0.25, 0.3) is 11.6 Å². The second-order valence-corrected chi connectivity index (χ2v) is 9.42. The number of rotatable bonds is 11. The summed E-state index contributed by atoms with van der Waals surface area (Å²) in [5.41, 5.74) is 10.7. The number of aromatic nitrogens is 5. The highest BCUT2D eigenvalue weighted by Crippen LogP contribution is 2.26. The van der Waals surface area contributed by atoms with Crippen LogP contribution < -0.4 is 20.6 Å². The van der Waals surface area contributed by atoms with Gasteiger partial charge in [-0.1, -0.05) is 5.21 Å². The Labute approximate surface area is 244 Å². The molecule has 0 unspecified atom stereocenters. The molecule has 0 atom stereocenters. The summed E-state index contributed by atoms with van der Waals surface area (Å²) in [5.74, 6) is 0.578. The van der Waals surface area contributed by atoms with Crippen LogP contribution >= 0.6 is 0 Å². The number of carbonyl (C=O) groups excluding carboxylic acids is 1. The third kappa shape index (κ3) is 6.74. The van der Waals surface area contributed by atoms with Crippen molar-refractivity contribution in [1.29, 1.82) is 0 Å². The number of morpholine rings is 1. The van der Waals surface area contributed by atoms with Gasteiger partial charge in [0, 0.05) is 36.8 Å². The molecule has 0 bridgehead atoms. The number of nitrogens with two attached hydrogens (primary N) is 1. The molecule has 0 spiro atoms. The van der Waals surface area contributed by atoms with Gasteiger partial charge >= 0.3 is 0 Å². The van der Waals surface area contributed by atoms with E-state index in [2.05, 4.69) is 36.1 Å². The van der Waals surface area contributed by atoms with Crippen LogP contribution in [0, 0.1) is 17.0 Å². The standard InChI is InChI=1S/C26H28N10O7/c1-16-11-19(4-5-20(16)36(38)39)42-15-18-12-17(3-6-22(18)40-2)13-28-30-26(37)23-21(14-34-7-9-41-10-8-34)35(33-29-23)25-24(27)31-43-32-25/h3-6,11-13H,7-10,14-15H2,1-2H3,(H2,27,31)(H,30,37)/b28-13+. The summed E-state index contributed by atoms with van der Waals surface area (Å²) < 4.78 is 22.7. The molecular weight excluding hydrogens is 564 g/mol. The normalized spacial score (nSPS) is 13.7. The van der Waals surface area contributed by atoms with Crippen molar-refractivity contribution in [2.45, 2.75) is 20.1 Å². The van der Waals surface area contributed by atoms with Crippen molar-refractivity contribution in [3.8, 4) is 17.3 Å². The molecule has 17 nitrogen and oxygen atoms in total. The molecule has 1 amide bonds. The lowest BCUT2D eigenvalue weighted by atomic mass is 10.1. The van der Waals surface area contributed by atoms with E-state index in [1.807, 2.05) is 0 Å². The monoisotopic (exact) mass is 592 g/mol. The summed E-state index contributed by atoms with van der Waals surface area (Å²) in [5, 5.41) is 30.7. The molecule has 0 saturated carbocycles. The van der Waals surface area contributed by atoms with Crippen LogP contribution in [-0.2, 0) is 17.9 Å². The Morgan fingerprint density at radius 2 is 2.05 bits per heavy atom. The maximum absolute atomic E-state index is 13.1. The molecule has 1 aliphatic heterocycles. The Bertz CT molecular complexity index is 1640. The lowest BCUT2D eigenvalue weighted by molar-refractivity contribution is -0.385. The van der Waals surface area contributed by atoms with E-state index in [-0.39, 0.29) is 29.6 Å². The SMILES string of the molecule is COc1ccc(/C=N/NC(=O)c2nnn(-c3nonc3N)c2CN2CCOCC2)cc1COc1ccc([N+](=O)[O-])c(C)c1. The van der Waals surface area contributed by atoms with Gasteiger partial charge in [0.2, 0.25) is 11.6 Å². The number of nitrogen functional groups attached to an aromatic ring is 1. The van der Waals surface area contributed by atoms with E-state index in [0.29, 0.717) is 66.7 Å². The quantitative estimate of drug-likeness (QED) is 0.144. The number of hydrazone groups is 1. The first-order valence-corrected chi connectivity index (χ1v) is 13.0. The molecule has 2 aromatic heterocycles. The number of ether oxygens (including phenoxy) is 3. The average molecular weight is 593 g/mol. The van der Waals surface area contributed by atoms with Gasteiger partial charge in [-0.05, 0) is 53.1 Å². The van der Waals surface area contributed by atoms with Gasteiger partial charge in [-0.3, -0.25) is 19.8 Å². The topological polar surface area (TPSA) is 211 Å². The lowest BCUT2D eigenvalue weighted by Gasteiger charge is -2.26. The predicted molar refractivity (Wildman–Crippen MR) is 150 cm³/mol. The Kier molecular flexibility index (Phi) is 8.82. The fourth-order valence-electron chi connectivity index (χ4n) is 4.39. The molecule has 3 heterocycles. The van der Waals surface area contributed by atoms with E-state index >= 15 is 0 Å². The van der Waals surface area contributed by atoms with Crippen molar-refractivity contribution >= 4 is 23.6 Å². The highest BCUT2D eigenvalue weighted by molar-refractivity contribution is 5.94. The van der Waals surface area contributed by atoms with Crippen molar-refractivity contribution in [2.24, 2.45) is 5.10 Å². The molecule has 224 valence electrons. The predicted octanol–water partition coefficient (Wildman–Crippen LogP) is 1.63. The van der Waals surface area contributed by atoms with Gasteiger partial charge in [0.15, 0.2) is 5.69 Å². The summed E-state index contributed by atoms with van der Waals surface area (Å²) in [6, 6.07) is 9.82. The number of benzene rings is 2. The summed E-state index contributed by atoms with van der Waals surface area (Å²) in [4.78, 5) is 25.9. The molecule has 4 aromatic rings. The van der Waals surface area contributed by atoms with Gasteiger partial charge < -0.3 is 19.9 Å². The summed E-state index contributed by atoms with van der Waals surface area (Å²) in [7, 11) is 1.53. The van der Waals surface area contributed by atoms with Crippen LogP contribution in [0.1, 0.15) is 32.9 Å². The summed E-state index contributed by atoms with van der Waals surface area (Å²) in [6.07, 6.45) is 1.46. The van der Waals surface area contributed by atoms with E-state index in [1.54, 1.807) is 31.2 Å². The molecule has 0 radical (unpaired) electrons. The Balaban J connectivity index is 1.29. The second kappa shape index (κ2) is 13.0. The highest BCUT2D eigenvalue weighted by Gasteiger charge is 2.26. The van der Waals surface area contributed by atoms with E-state index in [1.165, 1.54) is 30.1 Å². The third-order valence-corrected chi connectivity index (χ3v) is 6.59. The van der Waals surface area contributed by atoms with Gasteiger partial charge in [-0.2, -0.15) is 9.78 Å². The van der Waals surface area contributed by atoms with E-state index < -0.39 is 10.8 Å². The molecule has 2 aromatic carbocycles. The first-order valence-electron chi connectivity index (χ1n) is 13.0. The van der Waals surface area contributed by atoms with Crippen LogP contribution in [0.3, 0.4) is 0 Å². The van der Waals surface area contributed by atoms with E-state index in [0.717, 1.165) is 0 Å². The number of carbonyl (C=O) groups is 1. The van der Waals surface area contributed by atoms with Crippen molar-refractivity contribution in [3.05, 3.63) is 74.6 Å². The van der Waals surface area contributed by atoms with E-state index in [4.69, 9.17) is 24.6 Å². The van der Waals surface area contributed by atoms with Crippen molar-refractivity contribution < 1.29 is 28.6 Å². The minimum atomic E-state index is -0.591. The van der Waals surface area contributed by atoms with Gasteiger partial charge in [-0.25, -0.2) is 10.1 Å². The number of anilines is 1. The second-order valence-electron chi connectivity index (χ2n) is 9.42. The minimum Gasteiger partial charge on any atom is -0.496 e. The molecule has 17 heteroatoms. The number of nitrogens with one attached hydrogen (secondary N) is 1. The van der Waals surface area contributed by atoms with Crippen LogP contribution in [0.4, 0.5) is 11.5 Å². The Morgan fingerprint density at radius 3 is 2.74 bits per heavy atom. The third-order valence-electron chi connectivity index (χ3n) is 6.59. The Hall–Kier alpha value is -5.42. The number of methoxy groups -OCH3 is 1. The number of amides is 1. The number of hydrogen-bond acceptors (Lipinski definition) is 14. The maximum Gasteiger partial charge on any atom is 0.293 e. The molecule has 5 rings (SSSR count). The molecule has 1 saturated heterocycles. The first-order chi connectivity index (χ1) is 20.8. The fraction of sp³-hybridized carbons (Fsp3) is 0.308. The van der Waals surface area contributed by atoms with Gasteiger partial charge in [0.1, 0.15) is 18.1 Å². The van der Waals surface area contributed by atoms with Gasteiger partial charge in [0.05, 0.1) is 37.2 Å². The van der Waals surface area contributed by atoms with Crippen molar-refractivity contribution in [2.75, 3.05) is 39.1 Å². The van der Waals surface area contributed by atoms with Crippen LogP contribution in [-0.4, -0.2) is 80.7 Å². The smallest absolute Gasteiger partial charge is 0.293 e. The number of hydrogen-bond donors (Lipinski definition) is 2. The summed E-state index contributed by atoms with van der Waals surface area (Å²) in [6.45, 7) is 4.53. The average Bonchev–Trinajstić information content (AvgIpc) is 3.61. The fourth-order valence-corrected chi connectivity index (χ4v) is 4.39. The van der Waals surface area contributed by atoms with Crippen LogP contribution in [0.15, 0.2) is 46.1 Å². The number of nitro benzene ring substituents is 1. The number of nitro groups is 1. The van der Waals surface area contributed by atoms with E-state index in [9.17, 15) is 14.9 Å². The zero-order valence-electron chi connectivity index (χ0n) is 23.3. The first kappa shape index (κ1) is 29.1. The highest BCUT2D eigenvalue weighted by atomic mass is 16.6. The largest absolute Gasteiger partial charge is 0.496 e. The number of nitrogens with zero attached hydrogens (tertiary/aromatic N) is 8. The zero-order chi connectivity index (χ0) is 30.3. The maximum atomic E-state index is 13.1. The number of aryl methyl sites for hydroxylation is 1. The van der Waals surface area contributed by atoms with Crippen molar-refractivity contribution in [3.63, 3.8) is 0 Å². The molecule has 43 heavy (non-hydrogen) atoms. The van der Waals surface area contributed by atoms with Crippen LogP contribution in [0.2, 0.25) is 0 Å². The lowest BCUT2D eigenvalue weighted by Crippen LogP contribution is -2.37. The zero-order valence-corrected chi connectivity index (χ0v) is 23.3. The molecule has 0 aliphatic carbocycles. The van der Waals surface area contributed by atoms with Gasteiger partial charge in [-0.15, -0.1) is 5.10 Å². The molecule has 1 fully saturated rings.